The highest BCUT2D eigenvalue weighted by Crippen LogP contribution is 2.25. The molecule has 0 bridgehead atoms. The van der Waals surface area contributed by atoms with Crippen LogP contribution in [0.1, 0.15) is 71.4 Å². The summed E-state index contributed by atoms with van der Waals surface area (Å²) >= 11 is 5.96. The van der Waals surface area contributed by atoms with E-state index in [-0.39, 0.29) is 0 Å². The minimum absolute atomic E-state index is 0.370. The molecular weight excluding hydrogens is 266 g/mol. The smallest absolute Gasteiger partial charge is 0.0406 e. The predicted octanol–water partition coefficient (Wildman–Crippen LogP) is 5.99. The molecule has 1 N–H and O–H groups in total. The van der Waals surface area contributed by atoms with Crippen LogP contribution in [0, 0.1) is 5.41 Å². The molecule has 0 aromatic heterocycles. The van der Waals surface area contributed by atoms with Crippen LogP contribution in [-0.2, 0) is 0 Å². The lowest BCUT2D eigenvalue weighted by molar-refractivity contribution is 0.285. The van der Waals surface area contributed by atoms with Crippen molar-refractivity contribution >= 4 is 11.6 Å². The van der Waals surface area contributed by atoms with Crippen LogP contribution in [0.5, 0.6) is 0 Å². The average Bonchev–Trinajstić information content (AvgIpc) is 2.41. The fraction of sp³-hybridized carbons (Fsp3) is 0.667. The Hall–Kier alpha value is -0.530. The van der Waals surface area contributed by atoms with E-state index in [0.717, 1.165) is 18.0 Å². The van der Waals surface area contributed by atoms with E-state index in [9.17, 15) is 0 Å². The number of rotatable bonds is 9. The van der Waals surface area contributed by atoms with Gasteiger partial charge in [-0.15, -0.1) is 0 Å². The van der Waals surface area contributed by atoms with Gasteiger partial charge in [-0.1, -0.05) is 70.7 Å². The summed E-state index contributed by atoms with van der Waals surface area (Å²) in [5, 5.41) is 4.54. The molecule has 1 nitrogen and oxygen atoms in total. The molecule has 1 atom stereocenters. The Kier molecular flexibility index (Phi) is 7.61. The fourth-order valence-electron chi connectivity index (χ4n) is 2.53. The van der Waals surface area contributed by atoms with Crippen molar-refractivity contribution in [3.05, 3.63) is 34.9 Å². The molecule has 0 heterocycles. The zero-order chi connectivity index (χ0) is 15.0. The lowest BCUT2D eigenvalue weighted by atomic mass is 9.86. The van der Waals surface area contributed by atoms with Crippen molar-refractivity contribution < 1.29 is 0 Å². The summed E-state index contributed by atoms with van der Waals surface area (Å²) in [7, 11) is 0. The molecule has 0 spiro atoms. The summed E-state index contributed by atoms with van der Waals surface area (Å²) in [5.41, 5.74) is 1.70. The highest BCUT2D eigenvalue weighted by atomic mass is 35.5. The normalized spacial score (nSPS) is 13.4. The molecule has 0 radical (unpaired) electrons. The number of halogens is 1. The van der Waals surface area contributed by atoms with E-state index in [4.69, 9.17) is 11.6 Å². The number of unbranched alkanes of at least 4 members (excludes halogenated alkanes) is 2. The van der Waals surface area contributed by atoms with Gasteiger partial charge in [-0.25, -0.2) is 0 Å². The third-order valence-corrected chi connectivity index (χ3v) is 4.22. The number of nitrogens with one attached hydrogen (secondary N) is 1. The molecule has 1 aromatic carbocycles. The van der Waals surface area contributed by atoms with E-state index < -0.39 is 0 Å². The second-order valence-electron chi connectivity index (χ2n) is 6.51. The topological polar surface area (TPSA) is 12.0 Å². The Morgan fingerprint density at radius 3 is 2.30 bits per heavy atom. The summed E-state index contributed by atoms with van der Waals surface area (Å²) in [5.74, 6) is 0. The minimum Gasteiger partial charge on any atom is -0.309 e. The van der Waals surface area contributed by atoms with Crippen molar-refractivity contribution in [2.24, 2.45) is 5.41 Å². The Morgan fingerprint density at radius 2 is 1.75 bits per heavy atom. The lowest BCUT2D eigenvalue weighted by Crippen LogP contribution is -2.32. The summed E-state index contributed by atoms with van der Waals surface area (Å²) in [6.45, 7) is 10.3. The molecule has 0 aliphatic rings. The van der Waals surface area contributed by atoms with Crippen molar-refractivity contribution in [3.8, 4) is 0 Å². The minimum atomic E-state index is 0.370. The van der Waals surface area contributed by atoms with Gasteiger partial charge in [-0.2, -0.15) is 0 Å². The quantitative estimate of drug-likeness (QED) is 0.552. The van der Waals surface area contributed by atoms with Crippen LogP contribution in [0.15, 0.2) is 24.3 Å². The second kappa shape index (κ2) is 8.69. The summed E-state index contributed by atoms with van der Waals surface area (Å²) in [6, 6.07) is 8.65. The molecule has 20 heavy (non-hydrogen) atoms. The van der Waals surface area contributed by atoms with Gasteiger partial charge in [0.2, 0.25) is 0 Å². The molecule has 1 aromatic rings. The van der Waals surface area contributed by atoms with Crippen LogP contribution in [0.4, 0.5) is 0 Å². The molecule has 1 rings (SSSR count). The predicted molar refractivity (Wildman–Crippen MR) is 90.4 cm³/mol. The van der Waals surface area contributed by atoms with Gasteiger partial charge in [0.25, 0.3) is 0 Å². The maximum absolute atomic E-state index is 5.96. The van der Waals surface area contributed by atoms with E-state index >= 15 is 0 Å². The average molecular weight is 296 g/mol. The van der Waals surface area contributed by atoms with Gasteiger partial charge >= 0.3 is 0 Å². The third-order valence-electron chi connectivity index (χ3n) is 3.96. The van der Waals surface area contributed by atoms with Gasteiger partial charge in [-0.3, -0.25) is 0 Å². The van der Waals surface area contributed by atoms with Gasteiger partial charge in [0.15, 0.2) is 0 Å². The number of hydrogen-bond donors (Lipinski definition) is 1. The molecular formula is C18H30ClN. The Bertz CT molecular complexity index is 370. The van der Waals surface area contributed by atoms with Crippen molar-refractivity contribution in [3.63, 3.8) is 0 Å². The molecule has 2 heteroatoms. The first kappa shape index (κ1) is 17.5. The zero-order valence-corrected chi connectivity index (χ0v) is 14.3. The van der Waals surface area contributed by atoms with Crippen LogP contribution in [0.25, 0.3) is 0 Å². The van der Waals surface area contributed by atoms with Crippen LogP contribution < -0.4 is 5.32 Å². The first-order chi connectivity index (χ1) is 9.48. The molecule has 0 saturated heterocycles. The van der Waals surface area contributed by atoms with Gasteiger partial charge in [0.05, 0.1) is 0 Å². The Balaban J connectivity index is 2.50. The monoisotopic (exact) mass is 295 g/mol. The van der Waals surface area contributed by atoms with E-state index in [1.807, 2.05) is 12.1 Å². The maximum atomic E-state index is 5.96. The van der Waals surface area contributed by atoms with Crippen molar-refractivity contribution in [2.75, 3.05) is 6.54 Å². The number of benzene rings is 1. The zero-order valence-electron chi connectivity index (χ0n) is 13.5. The molecule has 0 amide bonds. The Morgan fingerprint density at radius 1 is 1.10 bits per heavy atom. The second-order valence-corrected chi connectivity index (χ2v) is 6.95. The summed E-state index contributed by atoms with van der Waals surface area (Å²) < 4.78 is 0. The highest BCUT2D eigenvalue weighted by molar-refractivity contribution is 6.30. The van der Waals surface area contributed by atoms with Crippen molar-refractivity contribution in [1.29, 1.82) is 0 Å². The molecule has 1 unspecified atom stereocenters. The van der Waals surface area contributed by atoms with Gasteiger partial charge in [0.1, 0.15) is 0 Å². The van der Waals surface area contributed by atoms with Crippen LogP contribution in [0.2, 0.25) is 5.02 Å². The molecule has 0 aliphatic heterocycles. The van der Waals surface area contributed by atoms with E-state index in [1.54, 1.807) is 0 Å². The Labute approximate surface area is 130 Å². The molecule has 114 valence electrons. The molecule has 0 aliphatic carbocycles. The first-order valence-corrected chi connectivity index (χ1v) is 8.35. The van der Waals surface area contributed by atoms with E-state index in [0.29, 0.717) is 11.5 Å². The van der Waals surface area contributed by atoms with Crippen molar-refractivity contribution in [2.45, 2.75) is 65.8 Å². The fourth-order valence-corrected chi connectivity index (χ4v) is 2.66. The van der Waals surface area contributed by atoms with Crippen LogP contribution >= 0.6 is 11.6 Å². The standard InChI is InChI=1S/C18H30ClN/c1-5-7-8-13-18(3,4)14-20-17(6-2)15-9-11-16(19)12-10-15/h9-12,17,20H,5-8,13-14H2,1-4H3. The largest absolute Gasteiger partial charge is 0.309 e. The van der Waals surface area contributed by atoms with Gasteiger partial charge in [0, 0.05) is 17.6 Å². The molecule has 0 fully saturated rings. The van der Waals surface area contributed by atoms with Crippen LogP contribution in [0.3, 0.4) is 0 Å². The molecule has 0 saturated carbocycles. The van der Waals surface area contributed by atoms with E-state index in [1.165, 1.54) is 31.2 Å². The summed E-state index contributed by atoms with van der Waals surface area (Å²) in [6.07, 6.45) is 6.38. The maximum Gasteiger partial charge on any atom is 0.0406 e. The SMILES string of the molecule is CCCCCC(C)(C)CNC(CC)c1ccc(Cl)cc1. The van der Waals surface area contributed by atoms with Gasteiger partial charge in [-0.05, 0) is 36.0 Å². The lowest BCUT2D eigenvalue weighted by Gasteiger charge is -2.28. The first-order valence-electron chi connectivity index (χ1n) is 7.97. The van der Waals surface area contributed by atoms with Gasteiger partial charge < -0.3 is 5.32 Å². The third kappa shape index (κ3) is 6.28. The van der Waals surface area contributed by atoms with Crippen molar-refractivity contribution in [1.82, 2.24) is 5.32 Å². The van der Waals surface area contributed by atoms with E-state index in [2.05, 4.69) is 45.1 Å². The number of hydrogen-bond acceptors (Lipinski definition) is 1. The highest BCUT2D eigenvalue weighted by Gasteiger charge is 2.19. The van der Waals surface area contributed by atoms with Crippen LogP contribution in [-0.4, -0.2) is 6.54 Å². The summed E-state index contributed by atoms with van der Waals surface area (Å²) in [4.78, 5) is 0.